The van der Waals surface area contributed by atoms with Crippen LogP contribution in [0.3, 0.4) is 0 Å². The van der Waals surface area contributed by atoms with Gasteiger partial charge in [0, 0.05) is 31.6 Å². The van der Waals surface area contributed by atoms with E-state index < -0.39 is 0 Å². The first-order chi connectivity index (χ1) is 11.6. The second-order valence-corrected chi connectivity index (χ2v) is 8.74. The van der Waals surface area contributed by atoms with Crippen LogP contribution in [0.2, 0.25) is 0 Å². The Bertz CT molecular complexity index is 654. The minimum absolute atomic E-state index is 0.115. The first-order valence-corrected chi connectivity index (χ1v) is 9.92. The number of piperidine rings is 1. The number of carbonyl (C=O) groups excluding carboxylic acids is 2. The number of hydrogen-bond acceptors (Lipinski definition) is 4. The molecule has 2 saturated heterocycles. The molecular weight excluding hydrogens is 322 g/mol. The molecule has 1 spiro atoms. The van der Waals surface area contributed by atoms with Crippen LogP contribution in [0, 0.1) is 18.3 Å². The van der Waals surface area contributed by atoms with Crippen molar-refractivity contribution in [3.05, 3.63) is 16.1 Å². The van der Waals surface area contributed by atoms with Crippen molar-refractivity contribution in [2.24, 2.45) is 11.3 Å². The van der Waals surface area contributed by atoms with Crippen molar-refractivity contribution >= 4 is 23.2 Å². The van der Waals surface area contributed by atoms with E-state index in [1.165, 1.54) is 12.8 Å². The Morgan fingerprint density at radius 2 is 2.21 bits per heavy atom. The van der Waals surface area contributed by atoms with Crippen LogP contribution >= 0.6 is 11.3 Å². The molecule has 3 heterocycles. The number of rotatable bonds is 4. The third-order valence-electron chi connectivity index (χ3n) is 5.71. The highest BCUT2D eigenvalue weighted by Gasteiger charge is 2.49. The number of nitrogens with zero attached hydrogens (tertiary/aromatic N) is 3. The number of aryl methyl sites for hydroxylation is 1. The van der Waals surface area contributed by atoms with Gasteiger partial charge in [-0.15, -0.1) is 11.3 Å². The molecule has 2 aliphatic heterocycles. The molecule has 24 heavy (non-hydrogen) atoms. The predicted molar refractivity (Wildman–Crippen MR) is 92.7 cm³/mol. The van der Waals surface area contributed by atoms with E-state index in [9.17, 15) is 9.59 Å². The summed E-state index contributed by atoms with van der Waals surface area (Å²) in [5.41, 5.74) is 0.551. The van der Waals surface area contributed by atoms with E-state index in [-0.39, 0.29) is 11.3 Å². The number of amides is 2. The van der Waals surface area contributed by atoms with Crippen molar-refractivity contribution in [1.82, 2.24) is 14.8 Å². The molecule has 0 bridgehead atoms. The molecule has 0 aromatic carbocycles. The van der Waals surface area contributed by atoms with Gasteiger partial charge in [0.15, 0.2) is 0 Å². The van der Waals surface area contributed by atoms with Gasteiger partial charge in [-0.3, -0.25) is 9.59 Å². The highest BCUT2D eigenvalue weighted by molar-refractivity contribution is 7.09. The molecule has 0 unspecified atom stereocenters. The summed E-state index contributed by atoms with van der Waals surface area (Å²) in [5.74, 6) is 1.15. The Balaban J connectivity index is 1.40. The van der Waals surface area contributed by atoms with Crippen LogP contribution in [0.15, 0.2) is 5.38 Å². The number of carbonyl (C=O) groups is 2. The van der Waals surface area contributed by atoms with Gasteiger partial charge in [0.05, 0.1) is 22.5 Å². The lowest BCUT2D eigenvalue weighted by Crippen LogP contribution is -2.51. The van der Waals surface area contributed by atoms with Gasteiger partial charge in [-0.25, -0.2) is 4.98 Å². The number of thiazole rings is 1. The standard InChI is InChI=1S/C18H25N3O2S/c1-13-19-15(11-24-13)9-16(22)21-8-6-18(12-21)5-2-7-20(17(18)23)10-14-3-4-14/h11,14H,2-10,12H2,1H3/t18-/m0/s1. The molecule has 6 heteroatoms. The molecule has 1 aromatic rings. The lowest BCUT2D eigenvalue weighted by Gasteiger charge is -2.39. The average Bonchev–Trinajstić information content (AvgIpc) is 3.12. The second kappa shape index (κ2) is 6.14. The Hall–Kier alpha value is -1.43. The topological polar surface area (TPSA) is 53.5 Å². The van der Waals surface area contributed by atoms with Crippen molar-refractivity contribution < 1.29 is 9.59 Å². The normalized spacial score (nSPS) is 27.3. The molecule has 3 fully saturated rings. The molecule has 1 atom stereocenters. The molecule has 130 valence electrons. The van der Waals surface area contributed by atoms with Crippen molar-refractivity contribution in [2.45, 2.75) is 45.4 Å². The summed E-state index contributed by atoms with van der Waals surface area (Å²) in [4.78, 5) is 34.0. The smallest absolute Gasteiger partial charge is 0.230 e. The van der Waals surface area contributed by atoms with Crippen LogP contribution in [0.1, 0.15) is 42.8 Å². The van der Waals surface area contributed by atoms with Gasteiger partial charge < -0.3 is 9.80 Å². The summed E-state index contributed by atoms with van der Waals surface area (Å²) >= 11 is 1.58. The Kier molecular flexibility index (Phi) is 4.11. The van der Waals surface area contributed by atoms with Crippen LogP contribution in [0.25, 0.3) is 0 Å². The van der Waals surface area contributed by atoms with Crippen LogP contribution in [-0.2, 0) is 16.0 Å². The lowest BCUT2D eigenvalue weighted by atomic mass is 9.78. The zero-order chi connectivity index (χ0) is 16.7. The fourth-order valence-electron chi connectivity index (χ4n) is 4.16. The highest BCUT2D eigenvalue weighted by atomic mass is 32.1. The second-order valence-electron chi connectivity index (χ2n) is 7.68. The molecular formula is C18H25N3O2S. The van der Waals surface area contributed by atoms with E-state index in [2.05, 4.69) is 9.88 Å². The molecule has 0 N–H and O–H groups in total. The van der Waals surface area contributed by atoms with Gasteiger partial charge in [-0.2, -0.15) is 0 Å². The maximum atomic E-state index is 13.0. The van der Waals surface area contributed by atoms with Crippen molar-refractivity contribution in [2.75, 3.05) is 26.2 Å². The molecule has 2 amide bonds. The molecule has 1 aromatic heterocycles. The molecule has 4 rings (SSSR count). The SMILES string of the molecule is Cc1nc(CC(=O)N2CC[C@@]3(CCCN(CC4CC4)C3=O)C2)cs1. The van der Waals surface area contributed by atoms with E-state index >= 15 is 0 Å². The molecule has 5 nitrogen and oxygen atoms in total. The predicted octanol–water partition coefficient (Wildman–Crippen LogP) is 2.25. The minimum atomic E-state index is -0.305. The molecule has 3 aliphatic rings. The van der Waals surface area contributed by atoms with E-state index in [1.54, 1.807) is 11.3 Å². The molecule has 1 saturated carbocycles. The highest BCUT2D eigenvalue weighted by Crippen LogP contribution is 2.41. The number of aromatic nitrogens is 1. The van der Waals surface area contributed by atoms with E-state index in [0.717, 1.165) is 49.0 Å². The first-order valence-electron chi connectivity index (χ1n) is 9.04. The Morgan fingerprint density at radius 1 is 1.38 bits per heavy atom. The summed E-state index contributed by atoms with van der Waals surface area (Å²) in [7, 11) is 0. The summed E-state index contributed by atoms with van der Waals surface area (Å²) in [6.45, 7) is 5.12. The van der Waals surface area contributed by atoms with Gasteiger partial charge in [-0.05, 0) is 44.9 Å². The zero-order valence-electron chi connectivity index (χ0n) is 14.3. The van der Waals surface area contributed by atoms with Crippen LogP contribution in [0.4, 0.5) is 0 Å². The van der Waals surface area contributed by atoms with Crippen LogP contribution < -0.4 is 0 Å². The maximum Gasteiger partial charge on any atom is 0.230 e. The first kappa shape index (κ1) is 16.1. The molecule has 1 aliphatic carbocycles. The van der Waals surface area contributed by atoms with Gasteiger partial charge in [0.25, 0.3) is 0 Å². The van der Waals surface area contributed by atoms with Crippen molar-refractivity contribution in [1.29, 1.82) is 0 Å². The van der Waals surface area contributed by atoms with E-state index in [1.807, 2.05) is 17.2 Å². The largest absolute Gasteiger partial charge is 0.342 e. The third kappa shape index (κ3) is 3.08. The Morgan fingerprint density at radius 3 is 2.92 bits per heavy atom. The van der Waals surface area contributed by atoms with E-state index in [4.69, 9.17) is 0 Å². The fraction of sp³-hybridized carbons (Fsp3) is 0.722. The van der Waals surface area contributed by atoms with Crippen molar-refractivity contribution in [3.63, 3.8) is 0 Å². The average molecular weight is 347 g/mol. The third-order valence-corrected chi connectivity index (χ3v) is 6.53. The van der Waals surface area contributed by atoms with Gasteiger partial charge in [0.2, 0.25) is 11.8 Å². The summed E-state index contributed by atoms with van der Waals surface area (Å²) < 4.78 is 0. The monoisotopic (exact) mass is 347 g/mol. The minimum Gasteiger partial charge on any atom is -0.342 e. The van der Waals surface area contributed by atoms with Gasteiger partial charge in [0.1, 0.15) is 0 Å². The fourth-order valence-corrected chi connectivity index (χ4v) is 4.77. The summed E-state index contributed by atoms with van der Waals surface area (Å²) in [6.07, 6.45) is 5.75. The van der Waals surface area contributed by atoms with Gasteiger partial charge in [-0.1, -0.05) is 0 Å². The number of likely N-dealkylation sites (tertiary alicyclic amines) is 2. The molecule has 0 radical (unpaired) electrons. The summed E-state index contributed by atoms with van der Waals surface area (Å²) in [5, 5.41) is 2.95. The quantitative estimate of drug-likeness (QED) is 0.839. The van der Waals surface area contributed by atoms with Crippen LogP contribution in [-0.4, -0.2) is 52.8 Å². The van der Waals surface area contributed by atoms with Gasteiger partial charge >= 0.3 is 0 Å². The lowest BCUT2D eigenvalue weighted by molar-refractivity contribution is -0.146. The maximum absolute atomic E-state index is 13.0. The summed E-state index contributed by atoms with van der Waals surface area (Å²) in [6, 6.07) is 0. The van der Waals surface area contributed by atoms with Crippen LogP contribution in [0.5, 0.6) is 0 Å². The number of hydrogen-bond donors (Lipinski definition) is 0. The van der Waals surface area contributed by atoms with E-state index in [0.29, 0.717) is 25.4 Å². The zero-order valence-corrected chi connectivity index (χ0v) is 15.1. The Labute approximate surface area is 147 Å². The van der Waals surface area contributed by atoms with Crippen molar-refractivity contribution in [3.8, 4) is 0 Å².